The zero-order chi connectivity index (χ0) is 21.2. The Kier molecular flexibility index (Phi) is 10.7. The van der Waals surface area contributed by atoms with E-state index in [2.05, 4.69) is 61.8 Å². The fraction of sp³-hybridized carbons (Fsp3) is 0.435. The molecule has 1 aliphatic heterocycles. The van der Waals surface area contributed by atoms with E-state index >= 15 is 0 Å². The van der Waals surface area contributed by atoms with Crippen LogP contribution in [0.5, 0.6) is 5.75 Å². The quantitative estimate of drug-likeness (QED) is 0.233. The lowest BCUT2D eigenvalue weighted by Crippen LogP contribution is -2.52. The van der Waals surface area contributed by atoms with Gasteiger partial charge < -0.3 is 29.9 Å². The molecule has 0 saturated carbocycles. The molecule has 1 saturated heterocycles. The van der Waals surface area contributed by atoms with Gasteiger partial charge in [0.1, 0.15) is 5.75 Å². The predicted octanol–water partition coefficient (Wildman–Crippen LogP) is 3.27. The zero-order valence-corrected chi connectivity index (χ0v) is 21.0. The second-order valence-electron chi connectivity index (χ2n) is 7.16. The standard InChI is InChI=1S/C23H33N5O2.HI/c1-24-23(26-18-19-8-10-20(11-9-19)25-12-17-29-2)28-15-13-27(14-16-28)21-6-4-5-7-22(21)30-3;/h4-11,25H,12-18H2,1-3H3,(H,24,26);1H. The second kappa shape index (κ2) is 13.3. The number of benzene rings is 2. The second-order valence-corrected chi connectivity index (χ2v) is 7.16. The van der Waals surface area contributed by atoms with E-state index in [4.69, 9.17) is 9.47 Å². The topological polar surface area (TPSA) is 61.4 Å². The molecule has 1 heterocycles. The van der Waals surface area contributed by atoms with Gasteiger partial charge in [-0.25, -0.2) is 0 Å². The van der Waals surface area contributed by atoms with Crippen LogP contribution in [0.15, 0.2) is 53.5 Å². The van der Waals surface area contributed by atoms with Gasteiger partial charge in [-0.3, -0.25) is 4.99 Å². The van der Waals surface area contributed by atoms with Gasteiger partial charge in [-0.1, -0.05) is 24.3 Å². The van der Waals surface area contributed by atoms with Crippen LogP contribution in [0.3, 0.4) is 0 Å². The van der Waals surface area contributed by atoms with Crippen molar-refractivity contribution < 1.29 is 9.47 Å². The van der Waals surface area contributed by atoms with E-state index in [1.54, 1.807) is 14.2 Å². The molecule has 3 rings (SSSR count). The first-order chi connectivity index (χ1) is 14.7. The van der Waals surface area contributed by atoms with Crippen molar-refractivity contribution in [3.05, 3.63) is 54.1 Å². The summed E-state index contributed by atoms with van der Waals surface area (Å²) < 4.78 is 10.6. The van der Waals surface area contributed by atoms with Crippen LogP contribution in [0.4, 0.5) is 11.4 Å². The van der Waals surface area contributed by atoms with Crippen LogP contribution < -0.4 is 20.3 Å². The number of hydrogen-bond donors (Lipinski definition) is 2. The van der Waals surface area contributed by atoms with E-state index in [0.717, 1.165) is 62.4 Å². The first kappa shape index (κ1) is 25.1. The third-order valence-electron chi connectivity index (χ3n) is 5.26. The van der Waals surface area contributed by atoms with Crippen LogP contribution in [-0.2, 0) is 11.3 Å². The maximum absolute atomic E-state index is 5.52. The number of methoxy groups -OCH3 is 2. The van der Waals surface area contributed by atoms with Gasteiger partial charge in [0.2, 0.25) is 0 Å². The summed E-state index contributed by atoms with van der Waals surface area (Å²) >= 11 is 0. The van der Waals surface area contributed by atoms with Crippen molar-refractivity contribution in [2.24, 2.45) is 4.99 Å². The Morgan fingerprint density at radius 1 is 1.00 bits per heavy atom. The Morgan fingerprint density at radius 2 is 1.71 bits per heavy atom. The summed E-state index contributed by atoms with van der Waals surface area (Å²) in [6.07, 6.45) is 0. The molecule has 8 heteroatoms. The fourth-order valence-electron chi connectivity index (χ4n) is 3.60. The van der Waals surface area contributed by atoms with Crippen molar-refractivity contribution in [1.82, 2.24) is 10.2 Å². The monoisotopic (exact) mass is 539 g/mol. The summed E-state index contributed by atoms with van der Waals surface area (Å²) in [6.45, 7) is 5.95. The molecule has 2 N–H and O–H groups in total. The van der Waals surface area contributed by atoms with Gasteiger partial charge >= 0.3 is 0 Å². The Labute approximate surface area is 202 Å². The highest BCUT2D eigenvalue weighted by atomic mass is 127. The summed E-state index contributed by atoms with van der Waals surface area (Å²) in [4.78, 5) is 9.17. The summed E-state index contributed by atoms with van der Waals surface area (Å²) in [5.74, 6) is 1.87. The number of ether oxygens (including phenoxy) is 2. The number of hydrogen-bond acceptors (Lipinski definition) is 5. The Balaban J connectivity index is 0.00000341. The molecule has 1 aliphatic rings. The molecule has 0 radical (unpaired) electrons. The van der Waals surface area contributed by atoms with E-state index in [0.29, 0.717) is 6.61 Å². The van der Waals surface area contributed by atoms with Crippen molar-refractivity contribution in [1.29, 1.82) is 0 Å². The predicted molar refractivity (Wildman–Crippen MR) is 139 cm³/mol. The van der Waals surface area contributed by atoms with Crippen LogP contribution in [0.2, 0.25) is 0 Å². The Morgan fingerprint density at radius 3 is 2.35 bits per heavy atom. The molecule has 0 amide bonds. The number of halogens is 1. The minimum atomic E-state index is 0. The molecule has 0 aromatic heterocycles. The molecular formula is C23H34IN5O2. The molecule has 170 valence electrons. The molecular weight excluding hydrogens is 505 g/mol. The molecule has 0 bridgehead atoms. The van der Waals surface area contributed by atoms with E-state index in [1.165, 1.54) is 5.56 Å². The summed E-state index contributed by atoms with van der Waals surface area (Å²) in [7, 11) is 5.28. The molecule has 2 aromatic rings. The minimum Gasteiger partial charge on any atom is -0.495 e. The lowest BCUT2D eigenvalue weighted by molar-refractivity contribution is 0.211. The number of rotatable bonds is 8. The third-order valence-corrected chi connectivity index (χ3v) is 5.26. The smallest absolute Gasteiger partial charge is 0.194 e. The van der Waals surface area contributed by atoms with Crippen LogP contribution in [-0.4, -0.2) is 71.5 Å². The van der Waals surface area contributed by atoms with E-state index in [9.17, 15) is 0 Å². The number of para-hydroxylation sites is 2. The summed E-state index contributed by atoms with van der Waals surface area (Å²) in [5, 5.41) is 6.83. The van der Waals surface area contributed by atoms with Gasteiger partial charge in [0.25, 0.3) is 0 Å². The number of anilines is 2. The highest BCUT2D eigenvalue weighted by Crippen LogP contribution is 2.28. The Hall–Kier alpha value is -2.20. The maximum Gasteiger partial charge on any atom is 0.194 e. The molecule has 0 aliphatic carbocycles. The van der Waals surface area contributed by atoms with Crippen LogP contribution >= 0.6 is 24.0 Å². The van der Waals surface area contributed by atoms with Gasteiger partial charge in [-0.2, -0.15) is 0 Å². The first-order valence-electron chi connectivity index (χ1n) is 10.4. The van der Waals surface area contributed by atoms with E-state index in [-0.39, 0.29) is 24.0 Å². The molecule has 0 atom stereocenters. The van der Waals surface area contributed by atoms with Gasteiger partial charge in [-0.05, 0) is 29.8 Å². The van der Waals surface area contributed by atoms with Crippen molar-refractivity contribution in [3.63, 3.8) is 0 Å². The SMILES string of the molecule is CN=C(NCc1ccc(NCCOC)cc1)N1CCN(c2ccccc2OC)CC1.I. The minimum absolute atomic E-state index is 0. The van der Waals surface area contributed by atoms with Crippen molar-refractivity contribution in [2.45, 2.75) is 6.54 Å². The summed E-state index contributed by atoms with van der Waals surface area (Å²) in [6, 6.07) is 16.7. The van der Waals surface area contributed by atoms with Gasteiger partial charge in [-0.15, -0.1) is 24.0 Å². The van der Waals surface area contributed by atoms with Gasteiger partial charge in [0.15, 0.2) is 5.96 Å². The number of guanidine groups is 1. The van der Waals surface area contributed by atoms with Crippen LogP contribution in [0.1, 0.15) is 5.56 Å². The number of nitrogens with zero attached hydrogens (tertiary/aromatic N) is 3. The molecule has 1 fully saturated rings. The van der Waals surface area contributed by atoms with Crippen LogP contribution in [0.25, 0.3) is 0 Å². The maximum atomic E-state index is 5.52. The summed E-state index contributed by atoms with van der Waals surface area (Å²) in [5.41, 5.74) is 3.48. The molecule has 2 aromatic carbocycles. The van der Waals surface area contributed by atoms with Crippen LogP contribution in [0, 0.1) is 0 Å². The number of nitrogens with one attached hydrogen (secondary N) is 2. The van der Waals surface area contributed by atoms with Crippen molar-refractivity contribution in [2.75, 3.05) is 70.8 Å². The highest BCUT2D eigenvalue weighted by Gasteiger charge is 2.21. The molecule has 0 unspecified atom stereocenters. The number of aliphatic imine (C=N–C) groups is 1. The average molecular weight is 539 g/mol. The first-order valence-corrected chi connectivity index (χ1v) is 10.4. The highest BCUT2D eigenvalue weighted by molar-refractivity contribution is 14.0. The molecule has 0 spiro atoms. The van der Waals surface area contributed by atoms with E-state index < -0.39 is 0 Å². The molecule has 7 nitrogen and oxygen atoms in total. The zero-order valence-electron chi connectivity index (χ0n) is 18.6. The molecule has 31 heavy (non-hydrogen) atoms. The normalized spacial score (nSPS) is 14.1. The van der Waals surface area contributed by atoms with E-state index in [1.807, 2.05) is 19.2 Å². The fourth-order valence-corrected chi connectivity index (χ4v) is 3.60. The van der Waals surface area contributed by atoms with Gasteiger partial charge in [0.05, 0.1) is 19.4 Å². The third kappa shape index (κ3) is 7.17. The Bertz CT molecular complexity index is 808. The van der Waals surface area contributed by atoms with Crippen molar-refractivity contribution in [3.8, 4) is 5.75 Å². The largest absolute Gasteiger partial charge is 0.495 e. The van der Waals surface area contributed by atoms with Crippen molar-refractivity contribution >= 4 is 41.3 Å². The van der Waals surface area contributed by atoms with Gasteiger partial charge in [0, 0.05) is 59.1 Å². The average Bonchev–Trinajstić information content (AvgIpc) is 2.81. The number of piperazine rings is 1. The lowest BCUT2D eigenvalue weighted by atomic mass is 10.2. The lowest BCUT2D eigenvalue weighted by Gasteiger charge is -2.38.